The van der Waals surface area contributed by atoms with E-state index in [2.05, 4.69) is 78.6 Å². The van der Waals surface area contributed by atoms with E-state index >= 15 is 0 Å². The molecule has 39 heavy (non-hydrogen) atoms. The summed E-state index contributed by atoms with van der Waals surface area (Å²) in [6.07, 6.45) is 8.14. The second-order valence-electron chi connectivity index (χ2n) is 9.61. The predicted octanol–water partition coefficient (Wildman–Crippen LogP) is 8.40. The SMILES string of the molecule is CCCC(CCPC)c1ccc(OCc2ccc(-c3csc(CO/C(C=NC)=C/[C@H](C)C(=O)O)c3)cc2)cc1. The van der Waals surface area contributed by atoms with Crippen LogP contribution in [0.1, 0.15) is 55.0 Å². The lowest BCUT2D eigenvalue weighted by atomic mass is 9.92. The second-order valence-corrected chi connectivity index (χ2v) is 11.8. The molecule has 5 nitrogen and oxygen atoms in total. The van der Waals surface area contributed by atoms with Crippen LogP contribution in [-0.4, -0.2) is 37.2 Å². The van der Waals surface area contributed by atoms with E-state index in [9.17, 15) is 4.79 Å². The number of rotatable bonds is 16. The predicted molar refractivity (Wildman–Crippen MR) is 166 cm³/mol. The van der Waals surface area contributed by atoms with Crippen molar-refractivity contribution in [3.63, 3.8) is 0 Å². The summed E-state index contributed by atoms with van der Waals surface area (Å²) in [5, 5.41) is 11.2. The summed E-state index contributed by atoms with van der Waals surface area (Å²) in [7, 11) is 2.65. The topological polar surface area (TPSA) is 68.1 Å². The van der Waals surface area contributed by atoms with Gasteiger partial charge >= 0.3 is 5.97 Å². The van der Waals surface area contributed by atoms with E-state index < -0.39 is 11.9 Å². The largest absolute Gasteiger partial charge is 0.489 e. The van der Waals surface area contributed by atoms with E-state index in [1.807, 2.05) is 0 Å². The molecule has 3 atom stereocenters. The maximum Gasteiger partial charge on any atom is 0.310 e. The van der Waals surface area contributed by atoms with Crippen molar-refractivity contribution in [2.75, 3.05) is 19.9 Å². The quantitative estimate of drug-likeness (QED) is 0.108. The first-order valence-corrected chi connectivity index (χ1v) is 16.1. The molecule has 0 aliphatic carbocycles. The van der Waals surface area contributed by atoms with Gasteiger partial charge in [-0.25, -0.2) is 0 Å². The number of nitrogens with zero attached hydrogens (tertiary/aromatic N) is 1. The molecule has 0 spiro atoms. The summed E-state index contributed by atoms with van der Waals surface area (Å²) in [5.74, 6) is 0.464. The van der Waals surface area contributed by atoms with E-state index in [0.717, 1.165) is 35.9 Å². The lowest BCUT2D eigenvalue weighted by Gasteiger charge is -2.17. The maximum absolute atomic E-state index is 11.1. The zero-order valence-corrected chi connectivity index (χ0v) is 25.2. The van der Waals surface area contributed by atoms with E-state index in [-0.39, 0.29) is 0 Å². The molecular formula is C32H40NO4PS. The molecule has 2 unspecified atom stereocenters. The first-order valence-electron chi connectivity index (χ1n) is 13.5. The number of thiophene rings is 1. The van der Waals surface area contributed by atoms with Crippen molar-refractivity contribution in [3.8, 4) is 16.9 Å². The van der Waals surface area contributed by atoms with Gasteiger partial charge in [0.05, 0.1) is 12.1 Å². The molecule has 2 aromatic carbocycles. The second kappa shape index (κ2) is 16.2. The third kappa shape index (κ3) is 9.94. The zero-order chi connectivity index (χ0) is 28.0. The monoisotopic (exact) mass is 565 g/mol. The molecule has 1 aromatic heterocycles. The fourth-order valence-corrected chi connectivity index (χ4v) is 5.72. The van der Waals surface area contributed by atoms with Gasteiger partial charge in [-0.2, -0.15) is 0 Å². The zero-order valence-electron chi connectivity index (χ0n) is 23.4. The van der Waals surface area contributed by atoms with Gasteiger partial charge in [-0.15, -0.1) is 19.9 Å². The number of carboxylic acids is 1. The number of benzene rings is 2. The highest BCUT2D eigenvalue weighted by atomic mass is 32.1. The van der Waals surface area contributed by atoms with Gasteiger partial charge in [0, 0.05) is 11.9 Å². The molecule has 1 heterocycles. The van der Waals surface area contributed by atoms with Gasteiger partial charge in [0.15, 0.2) is 0 Å². The molecule has 0 saturated heterocycles. The molecule has 1 N–H and O–H groups in total. The Morgan fingerprint density at radius 3 is 2.46 bits per heavy atom. The standard InChI is InChI=1S/C32H40NO4PS/c1-5-6-25(15-16-38-4)26-11-13-29(14-12-26)36-20-24-7-9-27(10-8-24)28-18-31(39-22-28)21-37-30(19-33-3)17-23(2)32(34)35/h7-14,17-19,22-23,25,38H,5-6,15-16,20-21H2,1-4H3,(H,34,35)/b30-17+,33-19?/t23-,25?/m0/s1. The number of hydrogen-bond donors (Lipinski definition) is 1. The molecule has 0 radical (unpaired) electrons. The average Bonchev–Trinajstić information content (AvgIpc) is 3.42. The highest BCUT2D eigenvalue weighted by molar-refractivity contribution is 7.36. The van der Waals surface area contributed by atoms with Gasteiger partial charge in [0.2, 0.25) is 0 Å². The Balaban J connectivity index is 1.54. The fourth-order valence-electron chi connectivity index (χ4n) is 4.28. The number of allylic oxidation sites excluding steroid dienone is 1. The first kappa shape index (κ1) is 30.6. The molecule has 0 bridgehead atoms. The van der Waals surface area contributed by atoms with Crippen molar-refractivity contribution < 1.29 is 19.4 Å². The molecule has 7 heteroatoms. The van der Waals surface area contributed by atoms with Gasteiger partial charge in [0.1, 0.15) is 24.7 Å². The lowest BCUT2D eigenvalue weighted by Crippen LogP contribution is -2.08. The molecule has 0 saturated carbocycles. The van der Waals surface area contributed by atoms with Crippen molar-refractivity contribution in [2.24, 2.45) is 10.9 Å². The van der Waals surface area contributed by atoms with Crippen LogP contribution in [0.3, 0.4) is 0 Å². The molecular weight excluding hydrogens is 525 g/mol. The number of aliphatic carboxylic acids is 1. The van der Waals surface area contributed by atoms with Crippen LogP contribution >= 0.6 is 19.9 Å². The molecule has 0 fully saturated rings. The van der Waals surface area contributed by atoms with Gasteiger partial charge in [-0.05, 0) is 90.4 Å². The van der Waals surface area contributed by atoms with Crippen LogP contribution in [0.15, 0.2) is 76.8 Å². The summed E-state index contributed by atoms with van der Waals surface area (Å²) in [5.41, 5.74) is 4.80. The maximum atomic E-state index is 11.1. The minimum Gasteiger partial charge on any atom is -0.489 e. The smallest absolute Gasteiger partial charge is 0.310 e. The third-order valence-electron chi connectivity index (χ3n) is 6.52. The number of aliphatic imine (C=N–C) groups is 1. The molecule has 208 valence electrons. The van der Waals surface area contributed by atoms with Crippen LogP contribution < -0.4 is 4.74 Å². The number of ether oxygens (including phenoxy) is 2. The van der Waals surface area contributed by atoms with E-state index in [1.54, 1.807) is 37.6 Å². The van der Waals surface area contributed by atoms with Crippen LogP contribution in [0, 0.1) is 5.92 Å². The fraction of sp³-hybridized carbons (Fsp3) is 0.375. The molecule has 3 aromatic rings. The van der Waals surface area contributed by atoms with Crippen molar-refractivity contribution in [1.82, 2.24) is 0 Å². The summed E-state index contributed by atoms with van der Waals surface area (Å²) >= 11 is 1.61. The molecule has 0 aliphatic rings. The van der Waals surface area contributed by atoms with Crippen LogP contribution in [0.2, 0.25) is 0 Å². The van der Waals surface area contributed by atoms with Gasteiger partial charge < -0.3 is 14.6 Å². The number of carbonyl (C=O) groups is 1. The highest BCUT2D eigenvalue weighted by Gasteiger charge is 2.12. The Hall–Kier alpha value is -2.95. The average molecular weight is 566 g/mol. The number of carboxylic acid groups (broad SMARTS) is 1. The Labute approximate surface area is 238 Å². The third-order valence-corrected chi connectivity index (χ3v) is 8.22. The first-order chi connectivity index (χ1) is 18.9. The summed E-state index contributed by atoms with van der Waals surface area (Å²) in [6, 6.07) is 19.2. The normalized spacial score (nSPS) is 13.7. The van der Waals surface area contributed by atoms with Crippen molar-refractivity contribution in [1.29, 1.82) is 0 Å². The van der Waals surface area contributed by atoms with Gasteiger partial charge in [-0.1, -0.05) is 49.7 Å². The van der Waals surface area contributed by atoms with Crippen molar-refractivity contribution in [3.05, 3.63) is 87.8 Å². The van der Waals surface area contributed by atoms with Crippen LogP contribution in [0.25, 0.3) is 11.1 Å². The van der Waals surface area contributed by atoms with Crippen molar-refractivity contribution in [2.45, 2.75) is 52.2 Å². The van der Waals surface area contributed by atoms with Gasteiger partial charge in [0.25, 0.3) is 0 Å². The van der Waals surface area contributed by atoms with Crippen LogP contribution in [0.4, 0.5) is 0 Å². The highest BCUT2D eigenvalue weighted by Crippen LogP contribution is 2.30. The summed E-state index contributed by atoms with van der Waals surface area (Å²) < 4.78 is 11.9. The lowest BCUT2D eigenvalue weighted by molar-refractivity contribution is -0.139. The Kier molecular flexibility index (Phi) is 12.7. The van der Waals surface area contributed by atoms with Crippen LogP contribution in [-0.2, 0) is 22.7 Å². The van der Waals surface area contributed by atoms with Crippen molar-refractivity contribution >= 4 is 32.1 Å². The number of hydrogen-bond acceptors (Lipinski definition) is 5. The van der Waals surface area contributed by atoms with Gasteiger partial charge in [-0.3, -0.25) is 9.79 Å². The Bertz CT molecular complexity index is 1220. The Morgan fingerprint density at radius 2 is 1.82 bits per heavy atom. The summed E-state index contributed by atoms with van der Waals surface area (Å²) in [6.45, 7) is 7.05. The van der Waals surface area contributed by atoms with E-state index in [4.69, 9.17) is 14.6 Å². The minimum absolute atomic E-state index is 0.359. The van der Waals surface area contributed by atoms with Crippen LogP contribution in [0.5, 0.6) is 5.75 Å². The molecule has 0 aliphatic heterocycles. The molecule has 3 rings (SSSR count). The summed E-state index contributed by atoms with van der Waals surface area (Å²) in [4.78, 5) is 16.2. The molecule has 0 amide bonds. The minimum atomic E-state index is -0.899. The van der Waals surface area contributed by atoms with E-state index in [0.29, 0.717) is 24.9 Å². The Morgan fingerprint density at radius 1 is 1.08 bits per heavy atom. The van der Waals surface area contributed by atoms with E-state index in [1.165, 1.54) is 31.0 Å².